The normalized spacial score (nSPS) is 14.2. The van der Waals surface area contributed by atoms with Crippen LogP contribution in [0.4, 0.5) is 5.69 Å². The summed E-state index contributed by atoms with van der Waals surface area (Å²) in [7, 11) is 0. The summed E-state index contributed by atoms with van der Waals surface area (Å²) in [6.07, 6.45) is 0.143. The molecule has 2 N–H and O–H groups in total. The zero-order valence-electron chi connectivity index (χ0n) is 12.2. The molecular formula is C17H14N2O4. The molecule has 0 unspecified atom stereocenters. The maximum Gasteiger partial charge on any atom is 0.363 e. The zero-order valence-corrected chi connectivity index (χ0v) is 12.2. The third-order valence-electron chi connectivity index (χ3n) is 3.54. The molecule has 0 spiro atoms. The second kappa shape index (κ2) is 5.92. The molecule has 0 saturated carbocycles. The van der Waals surface area contributed by atoms with Crippen LogP contribution in [0.3, 0.4) is 0 Å². The van der Waals surface area contributed by atoms with Crippen molar-refractivity contribution in [1.29, 1.82) is 0 Å². The number of carbonyl (C=O) groups is 3. The van der Waals surface area contributed by atoms with E-state index in [1.165, 1.54) is 0 Å². The number of benzene rings is 2. The average molecular weight is 310 g/mol. The summed E-state index contributed by atoms with van der Waals surface area (Å²) in [4.78, 5) is 39.7. The van der Waals surface area contributed by atoms with Gasteiger partial charge >= 0.3 is 5.97 Å². The highest BCUT2D eigenvalue weighted by Crippen LogP contribution is 2.22. The molecule has 2 aromatic rings. The highest BCUT2D eigenvalue weighted by molar-refractivity contribution is 6.02. The molecule has 0 bridgehead atoms. The van der Waals surface area contributed by atoms with Crippen LogP contribution in [-0.4, -0.2) is 22.8 Å². The van der Waals surface area contributed by atoms with Crippen molar-refractivity contribution in [2.45, 2.75) is 12.8 Å². The van der Waals surface area contributed by atoms with E-state index < -0.39 is 17.8 Å². The molecule has 0 aliphatic carbocycles. The quantitative estimate of drug-likeness (QED) is 0.693. The molecular weight excluding hydrogens is 296 g/mol. The second-order valence-corrected chi connectivity index (χ2v) is 5.16. The summed E-state index contributed by atoms with van der Waals surface area (Å²) in [5.41, 5.74) is 8.46. The molecule has 3 rings (SSSR count). The smallest absolute Gasteiger partial charge is 0.363 e. The lowest BCUT2D eigenvalue weighted by molar-refractivity contribution is -0.172. The Morgan fingerprint density at radius 3 is 1.87 bits per heavy atom. The molecule has 116 valence electrons. The van der Waals surface area contributed by atoms with Crippen LogP contribution in [0, 0.1) is 0 Å². The lowest BCUT2D eigenvalue weighted by Crippen LogP contribution is -2.32. The summed E-state index contributed by atoms with van der Waals surface area (Å²) in [6, 6.07) is 14.0. The van der Waals surface area contributed by atoms with Gasteiger partial charge in [-0.15, -0.1) is 5.06 Å². The van der Waals surface area contributed by atoms with Gasteiger partial charge in [0.25, 0.3) is 11.8 Å². The average Bonchev–Trinajstić information content (AvgIpc) is 2.87. The first-order valence-electron chi connectivity index (χ1n) is 7.08. The molecule has 1 heterocycles. The van der Waals surface area contributed by atoms with Crippen molar-refractivity contribution in [2.24, 2.45) is 0 Å². The van der Waals surface area contributed by atoms with E-state index in [1.807, 2.05) is 12.1 Å². The van der Waals surface area contributed by atoms with Crippen molar-refractivity contribution >= 4 is 23.5 Å². The molecule has 1 saturated heterocycles. The SMILES string of the molecule is Nc1ccc(-c2ccc(C(=O)ON3C(=O)CCC3=O)cc2)cc1. The number of hydrogen-bond donors (Lipinski definition) is 1. The number of amides is 2. The second-order valence-electron chi connectivity index (χ2n) is 5.16. The standard InChI is InChI=1S/C17H14N2O4/c18-14-7-5-12(6-8-14)11-1-3-13(4-2-11)17(22)23-19-15(20)9-10-16(19)21/h1-8H,9-10,18H2. The van der Waals surface area contributed by atoms with Crippen LogP contribution in [0.1, 0.15) is 23.2 Å². The van der Waals surface area contributed by atoms with Crippen LogP contribution in [0.15, 0.2) is 48.5 Å². The van der Waals surface area contributed by atoms with Gasteiger partial charge in [0.2, 0.25) is 0 Å². The first-order chi connectivity index (χ1) is 11.0. The van der Waals surface area contributed by atoms with Crippen molar-refractivity contribution < 1.29 is 19.2 Å². The van der Waals surface area contributed by atoms with Crippen molar-refractivity contribution in [2.75, 3.05) is 5.73 Å². The molecule has 0 aromatic heterocycles. The van der Waals surface area contributed by atoms with Crippen molar-refractivity contribution in [3.63, 3.8) is 0 Å². The molecule has 2 aromatic carbocycles. The summed E-state index contributed by atoms with van der Waals surface area (Å²) in [5, 5.41) is 0.538. The fourth-order valence-corrected chi connectivity index (χ4v) is 2.27. The number of carbonyl (C=O) groups excluding carboxylic acids is 3. The summed E-state index contributed by atoms with van der Waals surface area (Å²) >= 11 is 0. The van der Waals surface area contributed by atoms with Gasteiger partial charge in [0.15, 0.2) is 0 Å². The fraction of sp³-hybridized carbons (Fsp3) is 0.118. The number of nitrogens with two attached hydrogens (primary N) is 1. The van der Waals surface area contributed by atoms with Gasteiger partial charge in [0.05, 0.1) is 5.56 Å². The van der Waals surface area contributed by atoms with Crippen molar-refractivity contribution in [1.82, 2.24) is 5.06 Å². The largest absolute Gasteiger partial charge is 0.399 e. The molecule has 1 aliphatic heterocycles. The maximum atomic E-state index is 12.0. The first-order valence-corrected chi connectivity index (χ1v) is 7.08. The van der Waals surface area contributed by atoms with Gasteiger partial charge in [0, 0.05) is 18.5 Å². The van der Waals surface area contributed by atoms with Crippen molar-refractivity contribution in [3.8, 4) is 11.1 Å². The summed E-state index contributed by atoms with van der Waals surface area (Å²) < 4.78 is 0. The Morgan fingerprint density at radius 2 is 1.35 bits per heavy atom. The lowest BCUT2D eigenvalue weighted by atomic mass is 10.0. The Morgan fingerprint density at radius 1 is 0.870 bits per heavy atom. The number of hydrogen-bond acceptors (Lipinski definition) is 5. The van der Waals surface area contributed by atoms with E-state index in [0.29, 0.717) is 10.8 Å². The molecule has 6 nitrogen and oxygen atoms in total. The Hall–Kier alpha value is -3.15. The first kappa shape index (κ1) is 14.8. The lowest BCUT2D eigenvalue weighted by Gasteiger charge is -2.12. The van der Waals surface area contributed by atoms with E-state index in [1.54, 1.807) is 36.4 Å². The molecule has 6 heteroatoms. The Labute approximate surface area is 132 Å². The monoisotopic (exact) mass is 310 g/mol. The molecule has 23 heavy (non-hydrogen) atoms. The third-order valence-corrected chi connectivity index (χ3v) is 3.54. The Kier molecular flexibility index (Phi) is 3.80. The predicted molar refractivity (Wildman–Crippen MR) is 82.8 cm³/mol. The molecule has 2 amide bonds. The molecule has 1 fully saturated rings. The van der Waals surface area contributed by atoms with E-state index >= 15 is 0 Å². The predicted octanol–water partition coefficient (Wildman–Crippen LogP) is 2.16. The van der Waals surface area contributed by atoms with Crippen molar-refractivity contribution in [3.05, 3.63) is 54.1 Å². The van der Waals surface area contributed by atoms with E-state index in [4.69, 9.17) is 10.6 Å². The zero-order chi connectivity index (χ0) is 16.4. The van der Waals surface area contributed by atoms with Gasteiger partial charge in [-0.05, 0) is 35.4 Å². The molecule has 0 radical (unpaired) electrons. The topological polar surface area (TPSA) is 89.7 Å². The third kappa shape index (κ3) is 3.06. The van der Waals surface area contributed by atoms with Crippen LogP contribution >= 0.6 is 0 Å². The minimum atomic E-state index is -0.738. The van der Waals surface area contributed by atoms with Gasteiger partial charge in [-0.2, -0.15) is 0 Å². The minimum Gasteiger partial charge on any atom is -0.399 e. The number of hydroxylamine groups is 2. The van der Waals surface area contributed by atoms with Crippen LogP contribution in [-0.2, 0) is 14.4 Å². The van der Waals surface area contributed by atoms with Gasteiger partial charge in [0.1, 0.15) is 0 Å². The van der Waals surface area contributed by atoms with Gasteiger partial charge in [-0.25, -0.2) is 4.79 Å². The van der Waals surface area contributed by atoms with Gasteiger partial charge in [-0.1, -0.05) is 24.3 Å². The summed E-state index contributed by atoms with van der Waals surface area (Å²) in [5.74, 6) is -1.74. The highest BCUT2D eigenvalue weighted by Gasteiger charge is 2.33. The van der Waals surface area contributed by atoms with Crippen LogP contribution < -0.4 is 5.73 Å². The number of nitrogen functional groups attached to an aromatic ring is 1. The molecule has 1 aliphatic rings. The van der Waals surface area contributed by atoms with Gasteiger partial charge < -0.3 is 10.6 Å². The van der Waals surface area contributed by atoms with Crippen LogP contribution in [0.2, 0.25) is 0 Å². The van der Waals surface area contributed by atoms with E-state index in [0.717, 1.165) is 11.1 Å². The van der Waals surface area contributed by atoms with E-state index in [9.17, 15) is 14.4 Å². The number of anilines is 1. The summed E-state index contributed by atoms with van der Waals surface area (Å²) in [6.45, 7) is 0. The van der Waals surface area contributed by atoms with Gasteiger partial charge in [-0.3, -0.25) is 9.59 Å². The number of nitrogens with zero attached hydrogens (tertiary/aromatic N) is 1. The van der Waals surface area contributed by atoms with E-state index in [-0.39, 0.29) is 18.4 Å². The molecule has 0 atom stereocenters. The Bertz CT molecular complexity index is 750. The highest BCUT2D eigenvalue weighted by atomic mass is 16.7. The fourth-order valence-electron chi connectivity index (χ4n) is 2.27. The van der Waals surface area contributed by atoms with Crippen LogP contribution in [0.25, 0.3) is 11.1 Å². The minimum absolute atomic E-state index is 0.0716. The number of imide groups is 1. The maximum absolute atomic E-state index is 12.0. The van der Waals surface area contributed by atoms with Crippen LogP contribution in [0.5, 0.6) is 0 Å². The Balaban J connectivity index is 1.74. The number of rotatable bonds is 3. The van der Waals surface area contributed by atoms with E-state index in [2.05, 4.69) is 0 Å².